The highest BCUT2D eigenvalue weighted by atomic mass is 32.2. The lowest BCUT2D eigenvalue weighted by molar-refractivity contribution is -0.114. The Bertz CT molecular complexity index is 1410. The second-order valence-electron chi connectivity index (χ2n) is 7.34. The van der Waals surface area contributed by atoms with Crippen molar-refractivity contribution < 1.29 is 31.7 Å². The molecule has 3 aromatic rings. The van der Waals surface area contributed by atoms with Crippen molar-refractivity contribution in [3.05, 3.63) is 84.4 Å². The molecule has 0 aromatic heterocycles. The number of guanidine groups is 1. The summed E-state index contributed by atoms with van der Waals surface area (Å²) < 4.78 is 35.8. The van der Waals surface area contributed by atoms with E-state index in [0.717, 1.165) is 6.07 Å². The Kier molecular flexibility index (Phi) is 8.95. The van der Waals surface area contributed by atoms with E-state index in [1.807, 2.05) is 0 Å². The van der Waals surface area contributed by atoms with E-state index in [0.29, 0.717) is 0 Å². The zero-order valence-corrected chi connectivity index (χ0v) is 20.7. The first-order valence-corrected chi connectivity index (χ1v) is 12.4. The predicted octanol–water partition coefficient (Wildman–Crippen LogP) is 3.58. The third-order valence-corrected chi connectivity index (χ3v) is 5.76. The lowest BCUT2D eigenvalue weighted by Crippen LogP contribution is -2.44. The molecule has 0 fully saturated rings. The smallest absolute Gasteiger partial charge is 0.413 e. The van der Waals surface area contributed by atoms with Crippen LogP contribution >= 0.6 is 0 Å². The highest BCUT2D eigenvalue weighted by Gasteiger charge is 2.20. The molecule has 3 aromatic carbocycles. The largest absolute Gasteiger partial charge is 0.450 e. The monoisotopic (exact) mass is 524 g/mol. The normalized spacial score (nSPS) is 11.2. The van der Waals surface area contributed by atoms with Gasteiger partial charge in [0.25, 0.3) is 5.91 Å². The van der Waals surface area contributed by atoms with Crippen LogP contribution in [0.25, 0.3) is 0 Å². The summed E-state index contributed by atoms with van der Waals surface area (Å²) in [6.07, 6.45) is -0.910. The number of rotatable bonds is 7. The Morgan fingerprint density at radius 3 is 2.16 bits per heavy atom. The summed E-state index contributed by atoms with van der Waals surface area (Å²) in [7, 11) is -4.30. The fraction of sp³-hybridized carbons (Fsp3) is 0.120. The standard InChI is InChI=1S/C25H24N4O7S/c1-3-35-25(32)29-24(28-23(31)18-10-6-4-7-11-18)27-22-16-20(14-15-21(22)26-17(2)30)37(33,34)36-19-12-8-5-9-13-19/h4-16H,3H2,1-2H3,(H,26,30)(H2,27,28,29,31,32). The molecule has 0 saturated heterocycles. The molecular formula is C25H24N4O7S. The quantitative estimate of drug-likeness (QED) is 0.243. The first-order chi connectivity index (χ1) is 17.7. The number of para-hydroxylation sites is 1. The zero-order valence-electron chi connectivity index (χ0n) is 19.9. The van der Waals surface area contributed by atoms with Gasteiger partial charge in [-0.1, -0.05) is 36.4 Å². The maximum atomic E-state index is 12.9. The number of nitrogens with zero attached hydrogens (tertiary/aromatic N) is 1. The van der Waals surface area contributed by atoms with E-state index >= 15 is 0 Å². The Morgan fingerprint density at radius 2 is 1.54 bits per heavy atom. The van der Waals surface area contributed by atoms with Gasteiger partial charge in [-0.2, -0.15) is 8.42 Å². The van der Waals surface area contributed by atoms with Gasteiger partial charge in [0.15, 0.2) is 0 Å². The van der Waals surface area contributed by atoms with Crippen LogP contribution in [0.15, 0.2) is 88.8 Å². The van der Waals surface area contributed by atoms with Gasteiger partial charge in [-0.15, -0.1) is 0 Å². The van der Waals surface area contributed by atoms with Crippen molar-refractivity contribution in [2.75, 3.05) is 11.9 Å². The number of hydrogen-bond donors (Lipinski definition) is 3. The zero-order chi connectivity index (χ0) is 26.8. The number of aliphatic imine (C=N–C) groups is 1. The minimum Gasteiger partial charge on any atom is -0.450 e. The number of alkyl carbamates (subject to hydrolysis) is 1. The van der Waals surface area contributed by atoms with Gasteiger partial charge in [0.05, 0.1) is 18.0 Å². The molecule has 192 valence electrons. The SMILES string of the molecule is CCOC(=O)NC(=Nc1cc(S(=O)(=O)Oc2ccccc2)ccc1NC(C)=O)NC(=O)c1ccccc1. The Labute approximate surface area is 213 Å². The minimum atomic E-state index is -4.30. The van der Waals surface area contributed by atoms with Crippen molar-refractivity contribution >= 4 is 45.4 Å². The van der Waals surface area contributed by atoms with Crippen LogP contribution in [-0.4, -0.2) is 38.9 Å². The molecule has 3 N–H and O–H groups in total. The van der Waals surface area contributed by atoms with Crippen molar-refractivity contribution in [2.45, 2.75) is 18.7 Å². The van der Waals surface area contributed by atoms with Gasteiger partial charge >= 0.3 is 16.2 Å². The summed E-state index contributed by atoms with van der Waals surface area (Å²) in [5, 5.41) is 7.30. The van der Waals surface area contributed by atoms with E-state index in [9.17, 15) is 22.8 Å². The van der Waals surface area contributed by atoms with Crippen molar-refractivity contribution in [3.63, 3.8) is 0 Å². The minimum absolute atomic E-state index is 0.0490. The van der Waals surface area contributed by atoms with Gasteiger partial charge in [0, 0.05) is 12.5 Å². The number of carbonyl (C=O) groups is 3. The maximum absolute atomic E-state index is 12.9. The van der Waals surface area contributed by atoms with Crippen LogP contribution < -0.4 is 20.1 Å². The van der Waals surface area contributed by atoms with Crippen molar-refractivity contribution in [1.29, 1.82) is 0 Å². The first kappa shape index (κ1) is 26.9. The summed E-state index contributed by atoms with van der Waals surface area (Å²) >= 11 is 0. The summed E-state index contributed by atoms with van der Waals surface area (Å²) in [5.74, 6) is -1.33. The number of amides is 3. The summed E-state index contributed by atoms with van der Waals surface area (Å²) in [4.78, 5) is 40.5. The Balaban J connectivity index is 2.04. The molecule has 0 saturated carbocycles. The third-order valence-electron chi connectivity index (χ3n) is 4.51. The second kappa shape index (κ2) is 12.3. The van der Waals surface area contributed by atoms with Crippen LogP contribution in [0.5, 0.6) is 5.75 Å². The first-order valence-electron chi connectivity index (χ1n) is 11.0. The molecule has 0 spiro atoms. The molecule has 11 nitrogen and oxygen atoms in total. The molecule has 0 aliphatic rings. The highest BCUT2D eigenvalue weighted by molar-refractivity contribution is 7.87. The molecule has 0 bridgehead atoms. The average molecular weight is 525 g/mol. The number of hydrogen-bond acceptors (Lipinski definition) is 8. The van der Waals surface area contributed by atoms with Crippen LogP contribution in [0, 0.1) is 0 Å². The van der Waals surface area contributed by atoms with Crippen LogP contribution in [-0.2, 0) is 19.6 Å². The van der Waals surface area contributed by atoms with Crippen LogP contribution in [0.2, 0.25) is 0 Å². The summed E-state index contributed by atoms with van der Waals surface area (Å²) in [6.45, 7) is 2.90. The van der Waals surface area contributed by atoms with Crippen molar-refractivity contribution in [1.82, 2.24) is 10.6 Å². The highest BCUT2D eigenvalue weighted by Crippen LogP contribution is 2.30. The van der Waals surface area contributed by atoms with Crippen molar-refractivity contribution in [3.8, 4) is 5.75 Å². The molecule has 0 unspecified atom stereocenters. The number of ether oxygens (including phenoxy) is 1. The predicted molar refractivity (Wildman–Crippen MR) is 136 cm³/mol. The van der Waals surface area contributed by atoms with E-state index in [1.54, 1.807) is 55.5 Å². The molecule has 0 radical (unpaired) electrons. The molecular weight excluding hydrogens is 500 g/mol. The van der Waals surface area contributed by atoms with Gasteiger partial charge in [-0.05, 0) is 49.4 Å². The van der Waals surface area contributed by atoms with Gasteiger partial charge in [-0.3, -0.25) is 20.2 Å². The maximum Gasteiger partial charge on any atom is 0.413 e. The lowest BCUT2D eigenvalue weighted by Gasteiger charge is -2.14. The van der Waals surface area contributed by atoms with E-state index in [4.69, 9.17) is 8.92 Å². The fourth-order valence-corrected chi connectivity index (χ4v) is 3.90. The van der Waals surface area contributed by atoms with Crippen molar-refractivity contribution in [2.24, 2.45) is 4.99 Å². The number of nitrogens with one attached hydrogen (secondary N) is 3. The van der Waals surface area contributed by atoms with Gasteiger partial charge in [0.2, 0.25) is 11.9 Å². The molecule has 12 heteroatoms. The molecule has 3 rings (SSSR count). The summed E-state index contributed by atoms with van der Waals surface area (Å²) in [6, 6.07) is 19.7. The van der Waals surface area contributed by atoms with Gasteiger partial charge in [-0.25, -0.2) is 9.79 Å². The summed E-state index contributed by atoms with van der Waals surface area (Å²) in [5.41, 5.74) is 0.298. The lowest BCUT2D eigenvalue weighted by atomic mass is 10.2. The molecule has 0 atom stereocenters. The number of anilines is 1. The van der Waals surface area contributed by atoms with Gasteiger partial charge in [0.1, 0.15) is 10.6 Å². The van der Waals surface area contributed by atoms with Crippen LogP contribution in [0.1, 0.15) is 24.2 Å². The molecule has 3 amide bonds. The number of carbonyl (C=O) groups excluding carboxylic acids is 3. The van der Waals surface area contributed by atoms with E-state index in [2.05, 4.69) is 20.9 Å². The molecule has 37 heavy (non-hydrogen) atoms. The topological polar surface area (TPSA) is 152 Å². The molecule has 0 aliphatic carbocycles. The third kappa shape index (κ3) is 7.90. The van der Waals surface area contributed by atoms with E-state index in [1.165, 1.54) is 31.2 Å². The average Bonchev–Trinajstić information content (AvgIpc) is 2.85. The Morgan fingerprint density at radius 1 is 0.892 bits per heavy atom. The van der Waals surface area contributed by atoms with E-state index in [-0.39, 0.29) is 40.1 Å². The molecule has 0 aliphatic heterocycles. The van der Waals surface area contributed by atoms with Crippen LogP contribution in [0.4, 0.5) is 16.2 Å². The van der Waals surface area contributed by atoms with Gasteiger partial charge < -0.3 is 14.2 Å². The molecule has 0 heterocycles. The Hall–Kier alpha value is -4.71. The van der Waals surface area contributed by atoms with E-state index < -0.39 is 28.0 Å². The van der Waals surface area contributed by atoms with Crippen LogP contribution in [0.3, 0.4) is 0 Å². The number of benzene rings is 3. The fourth-order valence-electron chi connectivity index (χ4n) is 2.95. The second-order valence-corrected chi connectivity index (χ2v) is 8.88.